The van der Waals surface area contributed by atoms with E-state index in [1.165, 1.54) is 12.1 Å². The van der Waals surface area contributed by atoms with Crippen molar-refractivity contribution in [1.29, 1.82) is 0 Å². The lowest BCUT2D eigenvalue weighted by Crippen LogP contribution is -2.47. The van der Waals surface area contributed by atoms with E-state index < -0.39 is 40.3 Å². The van der Waals surface area contributed by atoms with Gasteiger partial charge in [0.25, 0.3) is 0 Å². The van der Waals surface area contributed by atoms with Crippen molar-refractivity contribution >= 4 is 11.9 Å². The molecule has 0 unspecified atom stereocenters. The van der Waals surface area contributed by atoms with Crippen LogP contribution in [-0.2, 0) is 24.7 Å². The number of fused-ring (bicyclic) bond motifs is 1. The van der Waals surface area contributed by atoms with Gasteiger partial charge in [0.05, 0.1) is 0 Å². The number of benzene rings is 1. The minimum atomic E-state index is -1.22. The molecule has 4 nitrogen and oxygen atoms in total. The molecule has 0 aromatic heterocycles. The second-order valence-electron chi connectivity index (χ2n) is 6.76. The molecule has 0 amide bonds. The third-order valence-electron chi connectivity index (χ3n) is 4.74. The van der Waals surface area contributed by atoms with Gasteiger partial charge in [-0.2, -0.15) is 0 Å². The van der Waals surface area contributed by atoms with Crippen LogP contribution in [0.1, 0.15) is 33.3 Å². The van der Waals surface area contributed by atoms with Gasteiger partial charge in [0.15, 0.2) is 11.7 Å². The van der Waals surface area contributed by atoms with Crippen LogP contribution in [0.2, 0.25) is 0 Å². The van der Waals surface area contributed by atoms with Gasteiger partial charge >= 0.3 is 11.9 Å². The molecule has 2 fully saturated rings. The molecule has 0 spiro atoms. The van der Waals surface area contributed by atoms with Crippen LogP contribution in [0.15, 0.2) is 24.3 Å². The number of rotatable bonds is 1. The quantitative estimate of drug-likeness (QED) is 0.746. The topological polar surface area (TPSA) is 52.6 Å². The lowest BCUT2D eigenvalue weighted by Gasteiger charge is -2.36. The van der Waals surface area contributed by atoms with E-state index >= 15 is 0 Å². The fraction of sp³-hybridized carbons (Fsp3) is 0.500. The Morgan fingerprint density at radius 1 is 1.00 bits per heavy atom. The Labute approximate surface area is 122 Å². The van der Waals surface area contributed by atoms with Crippen molar-refractivity contribution in [3.05, 3.63) is 35.6 Å². The molecule has 3 rings (SSSR count). The van der Waals surface area contributed by atoms with Crippen LogP contribution in [-0.4, -0.2) is 18.0 Å². The number of esters is 2. The summed E-state index contributed by atoms with van der Waals surface area (Å²) in [6.45, 7) is 6.76. The molecule has 21 heavy (non-hydrogen) atoms. The number of halogens is 1. The maximum Gasteiger partial charge on any atom is 0.316 e. The molecule has 0 radical (unpaired) electrons. The molecule has 0 aliphatic carbocycles. The molecule has 2 atom stereocenters. The molecule has 2 saturated heterocycles. The summed E-state index contributed by atoms with van der Waals surface area (Å²) in [5.41, 5.74) is -2.64. The average Bonchev–Trinajstić information content (AvgIpc) is 2.73. The van der Waals surface area contributed by atoms with Gasteiger partial charge in [-0.1, -0.05) is 12.1 Å². The van der Waals surface area contributed by atoms with Gasteiger partial charge in [-0.3, -0.25) is 9.59 Å². The molecular formula is C16H17FO4. The SMILES string of the molecule is CC1(C)C(=O)O[C@@]2(c3ccc(F)cc3)[C@@H]1OC(=O)C2(C)C. The Morgan fingerprint density at radius 2 is 1.57 bits per heavy atom. The Bertz CT molecular complexity index is 630. The van der Waals surface area contributed by atoms with Gasteiger partial charge in [0.1, 0.15) is 16.6 Å². The van der Waals surface area contributed by atoms with Gasteiger partial charge < -0.3 is 9.47 Å². The Balaban J connectivity index is 2.26. The number of carbonyl (C=O) groups excluding carboxylic acids is 2. The van der Waals surface area contributed by atoms with E-state index in [1.807, 2.05) is 0 Å². The van der Waals surface area contributed by atoms with Crippen molar-refractivity contribution < 1.29 is 23.5 Å². The molecule has 112 valence electrons. The number of ether oxygens (including phenoxy) is 2. The molecule has 0 bridgehead atoms. The van der Waals surface area contributed by atoms with E-state index in [9.17, 15) is 14.0 Å². The summed E-state index contributed by atoms with van der Waals surface area (Å²) >= 11 is 0. The van der Waals surface area contributed by atoms with Gasteiger partial charge in [-0.25, -0.2) is 4.39 Å². The van der Waals surface area contributed by atoms with Crippen molar-refractivity contribution in [2.75, 3.05) is 0 Å². The number of carbonyl (C=O) groups is 2. The third-order valence-corrected chi connectivity index (χ3v) is 4.74. The monoisotopic (exact) mass is 292 g/mol. The summed E-state index contributed by atoms with van der Waals surface area (Å²) in [5, 5.41) is 0. The van der Waals surface area contributed by atoms with Crippen LogP contribution in [0.3, 0.4) is 0 Å². The molecule has 0 N–H and O–H groups in total. The first-order valence-corrected chi connectivity index (χ1v) is 6.84. The predicted molar refractivity (Wildman–Crippen MR) is 71.6 cm³/mol. The lowest BCUT2D eigenvalue weighted by molar-refractivity contribution is -0.166. The van der Waals surface area contributed by atoms with E-state index in [0.717, 1.165) is 0 Å². The maximum absolute atomic E-state index is 13.2. The van der Waals surface area contributed by atoms with Crippen LogP contribution >= 0.6 is 0 Å². The fourth-order valence-corrected chi connectivity index (χ4v) is 3.31. The second-order valence-corrected chi connectivity index (χ2v) is 6.76. The van der Waals surface area contributed by atoms with Crippen molar-refractivity contribution in [2.45, 2.75) is 39.4 Å². The van der Waals surface area contributed by atoms with Gasteiger partial charge in [0.2, 0.25) is 0 Å². The van der Waals surface area contributed by atoms with Crippen LogP contribution in [0.5, 0.6) is 0 Å². The van der Waals surface area contributed by atoms with Gasteiger partial charge in [0, 0.05) is 5.56 Å². The zero-order valence-corrected chi connectivity index (χ0v) is 12.4. The standard InChI is InChI=1S/C16H17FO4/c1-14(2)11-16(21-12(14)18,15(3,4)13(19)20-11)9-5-7-10(17)8-6-9/h5-8,11H,1-4H3/t11-,16+/m1/s1. The van der Waals surface area contributed by atoms with Crippen molar-refractivity contribution in [1.82, 2.24) is 0 Å². The van der Waals surface area contributed by atoms with E-state index in [-0.39, 0.29) is 0 Å². The minimum absolute atomic E-state index is 0.390. The summed E-state index contributed by atoms with van der Waals surface area (Å²) in [7, 11) is 0. The van der Waals surface area contributed by atoms with E-state index in [1.54, 1.807) is 39.8 Å². The van der Waals surface area contributed by atoms with Gasteiger partial charge in [-0.15, -0.1) is 0 Å². The van der Waals surface area contributed by atoms with Crippen LogP contribution < -0.4 is 0 Å². The van der Waals surface area contributed by atoms with Crippen molar-refractivity contribution in [3.63, 3.8) is 0 Å². The summed E-state index contributed by atoms with van der Waals surface area (Å²) in [5.74, 6) is -1.23. The Kier molecular flexibility index (Phi) is 2.57. The molecule has 0 saturated carbocycles. The van der Waals surface area contributed by atoms with E-state index in [4.69, 9.17) is 9.47 Å². The Morgan fingerprint density at radius 3 is 2.14 bits per heavy atom. The summed E-state index contributed by atoms with van der Waals surface area (Å²) < 4.78 is 24.4. The van der Waals surface area contributed by atoms with Crippen molar-refractivity contribution in [3.8, 4) is 0 Å². The number of hydrogen-bond acceptors (Lipinski definition) is 4. The average molecular weight is 292 g/mol. The summed E-state index contributed by atoms with van der Waals surface area (Å²) in [6, 6.07) is 5.67. The molecule has 5 heteroatoms. The highest BCUT2D eigenvalue weighted by Crippen LogP contribution is 2.61. The highest BCUT2D eigenvalue weighted by atomic mass is 19.1. The summed E-state index contributed by atoms with van der Waals surface area (Å²) in [4.78, 5) is 24.5. The molecule has 2 aliphatic rings. The lowest BCUT2D eigenvalue weighted by atomic mass is 9.66. The van der Waals surface area contributed by atoms with Crippen molar-refractivity contribution in [2.24, 2.45) is 10.8 Å². The Hall–Kier alpha value is -1.91. The normalized spacial score (nSPS) is 32.5. The first kappa shape index (κ1) is 14.0. The minimum Gasteiger partial charge on any atom is -0.456 e. The van der Waals surface area contributed by atoms with E-state index in [2.05, 4.69) is 0 Å². The predicted octanol–water partition coefficient (Wildman–Crippen LogP) is 2.56. The van der Waals surface area contributed by atoms with Crippen LogP contribution in [0.25, 0.3) is 0 Å². The smallest absolute Gasteiger partial charge is 0.316 e. The molecular weight excluding hydrogens is 275 g/mol. The number of hydrogen-bond donors (Lipinski definition) is 0. The van der Waals surface area contributed by atoms with E-state index in [0.29, 0.717) is 5.56 Å². The maximum atomic E-state index is 13.2. The largest absolute Gasteiger partial charge is 0.456 e. The molecule has 1 aromatic carbocycles. The third kappa shape index (κ3) is 1.49. The zero-order valence-electron chi connectivity index (χ0n) is 12.4. The first-order valence-electron chi connectivity index (χ1n) is 6.84. The highest BCUT2D eigenvalue weighted by molar-refractivity contribution is 5.89. The highest BCUT2D eigenvalue weighted by Gasteiger charge is 2.75. The molecule has 2 heterocycles. The summed E-state index contributed by atoms with van der Waals surface area (Å²) in [6.07, 6.45) is -0.731. The fourth-order valence-electron chi connectivity index (χ4n) is 3.31. The van der Waals surface area contributed by atoms with Gasteiger partial charge in [-0.05, 0) is 39.8 Å². The second kappa shape index (κ2) is 3.84. The molecule has 2 aliphatic heterocycles. The molecule has 1 aromatic rings. The first-order chi connectivity index (χ1) is 9.64. The zero-order chi connectivity index (χ0) is 15.6. The van der Waals surface area contributed by atoms with Crippen LogP contribution in [0.4, 0.5) is 4.39 Å². The van der Waals surface area contributed by atoms with Crippen LogP contribution in [0, 0.1) is 16.6 Å².